The topological polar surface area (TPSA) is 58.1 Å². The largest absolute Gasteiger partial charge is 0.345 e. The van der Waals surface area contributed by atoms with Crippen molar-refractivity contribution in [1.29, 1.82) is 0 Å². The molecule has 0 amide bonds. The summed E-state index contributed by atoms with van der Waals surface area (Å²) in [6, 6.07) is 5.53. The summed E-state index contributed by atoms with van der Waals surface area (Å²) in [5, 5.41) is 8.18. The molecule has 1 heterocycles. The number of nitrogens with one attached hydrogen (secondary N) is 1. The van der Waals surface area contributed by atoms with Gasteiger partial charge in [0.05, 0.1) is 29.4 Å². The lowest BCUT2D eigenvalue weighted by Crippen LogP contribution is -1.74. The van der Waals surface area contributed by atoms with Crippen LogP contribution in [0.4, 0.5) is 0 Å². The average molecular weight is 182 g/mol. The molecule has 5 heteroatoms. The highest BCUT2D eigenvalue weighted by molar-refractivity contribution is 7.94. The number of imidazole rings is 1. The average Bonchev–Trinajstić information content (AvgIpc) is 2.51. The van der Waals surface area contributed by atoms with Crippen molar-refractivity contribution in [3.8, 4) is 0 Å². The Kier molecular flexibility index (Phi) is 1.99. The van der Waals surface area contributed by atoms with Gasteiger partial charge in [-0.15, -0.1) is 0 Å². The van der Waals surface area contributed by atoms with Crippen LogP contribution in [0.2, 0.25) is 0 Å². The van der Waals surface area contributed by atoms with Crippen LogP contribution in [0.25, 0.3) is 11.0 Å². The Labute approximate surface area is 72.7 Å². The molecule has 0 aliphatic heterocycles. The quantitative estimate of drug-likeness (QED) is 0.424. The van der Waals surface area contributed by atoms with E-state index in [1.165, 1.54) is 0 Å². The Morgan fingerprint density at radius 1 is 1.50 bits per heavy atom. The van der Waals surface area contributed by atoms with Gasteiger partial charge in [-0.3, -0.25) is 0 Å². The Hall–Kier alpha value is -1.04. The summed E-state index contributed by atoms with van der Waals surface area (Å²) in [5.74, 6) is 0. The third kappa shape index (κ3) is 1.29. The third-order valence-electron chi connectivity index (χ3n) is 1.53. The highest BCUT2D eigenvalue weighted by Gasteiger charge is 1.98. The van der Waals surface area contributed by atoms with Crippen LogP contribution in [0.1, 0.15) is 0 Å². The molecule has 12 heavy (non-hydrogen) atoms. The smallest absolute Gasteiger partial charge is 0.0931 e. The van der Waals surface area contributed by atoms with E-state index in [9.17, 15) is 0 Å². The molecule has 0 spiro atoms. The number of aromatic amines is 1. The summed E-state index contributed by atoms with van der Waals surface area (Å²) in [5.41, 5.74) is 1.83. The van der Waals surface area contributed by atoms with Crippen LogP contribution in [0, 0.1) is 0 Å². The number of H-pyrrole nitrogens is 1. The summed E-state index contributed by atoms with van der Waals surface area (Å²) in [6.45, 7) is 0. The molecule has 1 aromatic carbocycles. The maximum absolute atomic E-state index is 8.18. The van der Waals surface area contributed by atoms with Crippen molar-refractivity contribution in [3.63, 3.8) is 0 Å². The Morgan fingerprint density at radius 3 is 3.25 bits per heavy atom. The van der Waals surface area contributed by atoms with Gasteiger partial charge >= 0.3 is 0 Å². The van der Waals surface area contributed by atoms with Gasteiger partial charge in [-0.1, -0.05) is 0 Å². The Bertz CT molecular complexity index is 388. The van der Waals surface area contributed by atoms with E-state index in [1.807, 2.05) is 18.2 Å². The van der Waals surface area contributed by atoms with E-state index >= 15 is 0 Å². The van der Waals surface area contributed by atoms with Gasteiger partial charge in [0, 0.05) is 4.90 Å². The normalized spacial score (nSPS) is 10.8. The second-order valence-corrected chi connectivity index (χ2v) is 3.03. The molecule has 0 fully saturated rings. The van der Waals surface area contributed by atoms with E-state index in [2.05, 4.69) is 14.3 Å². The molecule has 0 unspecified atom stereocenters. The number of hydrogen-bond donors (Lipinski definition) is 2. The SMILES string of the molecule is OOSc1ccc2nc[nH]c2c1. The van der Waals surface area contributed by atoms with Crippen molar-refractivity contribution in [2.45, 2.75) is 4.90 Å². The van der Waals surface area contributed by atoms with Crippen LogP contribution in [0.3, 0.4) is 0 Å². The lowest BCUT2D eigenvalue weighted by Gasteiger charge is -1.94. The first-order valence-electron chi connectivity index (χ1n) is 3.31. The molecule has 0 saturated carbocycles. The first-order chi connectivity index (χ1) is 5.90. The minimum Gasteiger partial charge on any atom is -0.345 e. The number of benzene rings is 1. The van der Waals surface area contributed by atoms with E-state index in [1.54, 1.807) is 6.33 Å². The van der Waals surface area contributed by atoms with Crippen molar-refractivity contribution in [3.05, 3.63) is 24.5 Å². The predicted molar refractivity (Wildman–Crippen MR) is 45.7 cm³/mol. The maximum atomic E-state index is 8.18. The molecule has 0 saturated heterocycles. The summed E-state index contributed by atoms with van der Waals surface area (Å²) < 4.78 is 3.94. The second-order valence-electron chi connectivity index (χ2n) is 2.24. The van der Waals surface area contributed by atoms with Gasteiger partial charge in [-0.2, -0.15) is 4.33 Å². The minimum atomic E-state index is 0.828. The number of aromatic nitrogens is 2. The van der Waals surface area contributed by atoms with Gasteiger partial charge in [0.2, 0.25) is 0 Å². The predicted octanol–water partition coefficient (Wildman–Crippen LogP) is 2.06. The molecule has 0 aliphatic carbocycles. The van der Waals surface area contributed by atoms with Crippen LogP contribution in [0.5, 0.6) is 0 Å². The minimum absolute atomic E-state index is 0.828. The lowest BCUT2D eigenvalue weighted by atomic mass is 10.3. The number of rotatable bonds is 2. The number of hydrogen-bond acceptors (Lipinski definition) is 4. The van der Waals surface area contributed by atoms with E-state index in [0.29, 0.717) is 0 Å². The van der Waals surface area contributed by atoms with E-state index in [-0.39, 0.29) is 0 Å². The molecule has 62 valence electrons. The van der Waals surface area contributed by atoms with E-state index < -0.39 is 0 Å². The van der Waals surface area contributed by atoms with E-state index in [4.69, 9.17) is 5.26 Å². The zero-order valence-electron chi connectivity index (χ0n) is 6.02. The molecule has 2 N–H and O–H groups in total. The zero-order chi connectivity index (χ0) is 8.39. The molecule has 1 aromatic heterocycles. The van der Waals surface area contributed by atoms with Crippen LogP contribution >= 0.6 is 12.0 Å². The Balaban J connectivity index is 2.46. The van der Waals surface area contributed by atoms with Gasteiger partial charge in [0.25, 0.3) is 0 Å². The van der Waals surface area contributed by atoms with Crippen molar-refractivity contribution in [1.82, 2.24) is 9.97 Å². The zero-order valence-corrected chi connectivity index (χ0v) is 6.84. The number of nitrogens with zero attached hydrogens (tertiary/aromatic N) is 1. The van der Waals surface area contributed by atoms with E-state index in [0.717, 1.165) is 28.0 Å². The summed E-state index contributed by atoms with van der Waals surface area (Å²) in [6.07, 6.45) is 1.62. The Morgan fingerprint density at radius 2 is 2.42 bits per heavy atom. The monoisotopic (exact) mass is 182 g/mol. The third-order valence-corrected chi connectivity index (χ3v) is 2.05. The molecule has 4 nitrogen and oxygen atoms in total. The van der Waals surface area contributed by atoms with Crippen molar-refractivity contribution >= 4 is 23.1 Å². The summed E-state index contributed by atoms with van der Waals surface area (Å²) >= 11 is 0.901. The fourth-order valence-corrected chi connectivity index (χ4v) is 1.39. The molecule has 0 aliphatic rings. The molecule has 0 bridgehead atoms. The molecule has 2 rings (SSSR count). The fraction of sp³-hybridized carbons (Fsp3) is 0. The van der Waals surface area contributed by atoms with Gasteiger partial charge in [0.1, 0.15) is 0 Å². The van der Waals surface area contributed by atoms with Crippen LogP contribution in [-0.2, 0) is 4.33 Å². The van der Waals surface area contributed by atoms with Crippen LogP contribution < -0.4 is 0 Å². The molecule has 0 atom stereocenters. The second kappa shape index (κ2) is 3.14. The highest BCUT2D eigenvalue weighted by Crippen LogP contribution is 2.21. The van der Waals surface area contributed by atoms with Gasteiger partial charge in [-0.25, -0.2) is 10.2 Å². The first-order valence-corrected chi connectivity index (χ1v) is 4.05. The lowest BCUT2D eigenvalue weighted by molar-refractivity contribution is -0.116. The molecule has 2 aromatic rings. The van der Waals surface area contributed by atoms with Gasteiger partial charge in [0.15, 0.2) is 0 Å². The van der Waals surface area contributed by atoms with Crippen molar-refractivity contribution < 1.29 is 9.59 Å². The van der Waals surface area contributed by atoms with Gasteiger partial charge < -0.3 is 4.98 Å². The van der Waals surface area contributed by atoms with Crippen LogP contribution in [0.15, 0.2) is 29.4 Å². The first kappa shape index (κ1) is 7.60. The maximum Gasteiger partial charge on any atom is 0.0931 e. The fourth-order valence-electron chi connectivity index (χ4n) is 1.01. The molecular weight excluding hydrogens is 176 g/mol. The van der Waals surface area contributed by atoms with Crippen LogP contribution in [-0.4, -0.2) is 15.2 Å². The standard InChI is InChI=1S/C7H6N2O2S/c10-11-12-5-1-2-6-7(3-5)9-4-8-6/h1-4,10H,(H,8,9). The number of fused-ring (bicyclic) bond motifs is 1. The molecular formula is C7H6N2O2S. The van der Waals surface area contributed by atoms with Gasteiger partial charge in [-0.05, 0) is 18.2 Å². The van der Waals surface area contributed by atoms with Crippen molar-refractivity contribution in [2.75, 3.05) is 0 Å². The molecule has 0 radical (unpaired) electrons. The highest BCUT2D eigenvalue weighted by atomic mass is 32.2. The summed E-state index contributed by atoms with van der Waals surface area (Å²) in [7, 11) is 0. The summed E-state index contributed by atoms with van der Waals surface area (Å²) in [4.78, 5) is 7.84. The van der Waals surface area contributed by atoms with Crippen molar-refractivity contribution in [2.24, 2.45) is 0 Å².